The van der Waals surface area contributed by atoms with Crippen LogP contribution in [0.3, 0.4) is 0 Å². The maximum atomic E-state index is 12.8. The Labute approximate surface area is 138 Å². The topological polar surface area (TPSA) is 81.2 Å². The highest BCUT2D eigenvalue weighted by molar-refractivity contribution is 6.00. The van der Waals surface area contributed by atoms with Crippen LogP contribution in [-0.2, 0) is 6.42 Å². The van der Waals surface area contributed by atoms with Gasteiger partial charge in [0, 0.05) is 18.9 Å². The molecule has 1 N–H and O–H groups in total. The first-order valence-corrected chi connectivity index (χ1v) is 7.99. The molecule has 0 fully saturated rings. The molecule has 0 spiro atoms. The van der Waals surface area contributed by atoms with Gasteiger partial charge in [0.15, 0.2) is 0 Å². The summed E-state index contributed by atoms with van der Waals surface area (Å²) in [5.41, 5.74) is 2.23. The van der Waals surface area contributed by atoms with E-state index in [1.165, 1.54) is 0 Å². The van der Waals surface area contributed by atoms with E-state index < -0.39 is 0 Å². The van der Waals surface area contributed by atoms with Crippen molar-refractivity contribution in [2.24, 2.45) is 0 Å². The molecule has 6 nitrogen and oxygen atoms in total. The summed E-state index contributed by atoms with van der Waals surface area (Å²) >= 11 is 0. The Morgan fingerprint density at radius 3 is 2.96 bits per heavy atom. The molecule has 2 heterocycles. The molecular formula is C18H17N3O3. The van der Waals surface area contributed by atoms with Crippen molar-refractivity contribution in [3.05, 3.63) is 59.4 Å². The van der Waals surface area contributed by atoms with Gasteiger partial charge >= 0.3 is 0 Å². The second-order valence-electron chi connectivity index (χ2n) is 5.89. The van der Waals surface area contributed by atoms with E-state index in [0.717, 1.165) is 30.6 Å². The number of rotatable bonds is 3. The molecule has 1 aromatic carbocycles. The molecule has 122 valence electrons. The largest absolute Gasteiger partial charge is 0.469 e. The van der Waals surface area contributed by atoms with E-state index in [0.29, 0.717) is 22.9 Å². The zero-order chi connectivity index (χ0) is 16.5. The van der Waals surface area contributed by atoms with Gasteiger partial charge in [-0.3, -0.25) is 4.79 Å². The number of aromatic nitrogens is 2. The van der Waals surface area contributed by atoms with Crippen LogP contribution < -0.4 is 5.32 Å². The number of amides is 1. The average Bonchev–Trinajstić information content (AvgIpc) is 3.24. The summed E-state index contributed by atoms with van der Waals surface area (Å²) in [5.74, 6) is 1.63. The van der Waals surface area contributed by atoms with Gasteiger partial charge in [-0.25, -0.2) is 0 Å². The van der Waals surface area contributed by atoms with Crippen molar-refractivity contribution in [3.8, 4) is 11.5 Å². The van der Waals surface area contributed by atoms with Crippen molar-refractivity contribution in [1.29, 1.82) is 0 Å². The van der Waals surface area contributed by atoms with Crippen LogP contribution in [0.15, 0.2) is 45.4 Å². The van der Waals surface area contributed by atoms with E-state index in [-0.39, 0.29) is 11.9 Å². The van der Waals surface area contributed by atoms with Gasteiger partial charge in [0.05, 0.1) is 23.4 Å². The minimum absolute atomic E-state index is 0.0301. The van der Waals surface area contributed by atoms with Gasteiger partial charge in [0.25, 0.3) is 5.91 Å². The predicted octanol–water partition coefficient (Wildman–Crippen LogP) is 3.45. The maximum absolute atomic E-state index is 12.8. The summed E-state index contributed by atoms with van der Waals surface area (Å²) in [6, 6.07) is 9.16. The summed E-state index contributed by atoms with van der Waals surface area (Å²) < 4.78 is 11.0. The molecule has 2 aromatic heterocycles. The number of aryl methyl sites for hydroxylation is 2. The summed E-state index contributed by atoms with van der Waals surface area (Å²) in [4.78, 5) is 12.8. The maximum Gasteiger partial charge on any atom is 0.252 e. The van der Waals surface area contributed by atoms with Crippen molar-refractivity contribution in [3.63, 3.8) is 0 Å². The standard InChI is InChI=1S/C18H17N3O3/c1-11-20-21-18(24-11)13-6-3-2-5-12(13)17(22)19-15-7-4-8-16-14(15)9-10-23-16/h2-3,5-6,9-10,15H,4,7-8H2,1H3,(H,19,22). The lowest BCUT2D eigenvalue weighted by atomic mass is 9.93. The lowest BCUT2D eigenvalue weighted by molar-refractivity contribution is 0.0932. The van der Waals surface area contributed by atoms with Gasteiger partial charge in [0.1, 0.15) is 5.76 Å². The Bertz CT molecular complexity index is 881. The van der Waals surface area contributed by atoms with Crippen LogP contribution in [0.2, 0.25) is 0 Å². The monoisotopic (exact) mass is 323 g/mol. The second kappa shape index (κ2) is 5.96. The minimum Gasteiger partial charge on any atom is -0.469 e. The van der Waals surface area contributed by atoms with E-state index >= 15 is 0 Å². The molecular weight excluding hydrogens is 306 g/mol. The molecule has 0 saturated heterocycles. The molecule has 0 bridgehead atoms. The second-order valence-corrected chi connectivity index (χ2v) is 5.89. The van der Waals surface area contributed by atoms with Crippen molar-refractivity contribution >= 4 is 5.91 Å². The Morgan fingerprint density at radius 2 is 2.12 bits per heavy atom. The zero-order valence-corrected chi connectivity index (χ0v) is 13.3. The Kier molecular flexibility index (Phi) is 3.65. The fourth-order valence-electron chi connectivity index (χ4n) is 3.15. The molecule has 4 rings (SSSR count). The minimum atomic E-state index is -0.152. The smallest absolute Gasteiger partial charge is 0.252 e. The van der Waals surface area contributed by atoms with Crippen molar-refractivity contribution in [2.75, 3.05) is 0 Å². The molecule has 6 heteroatoms. The Morgan fingerprint density at radius 1 is 1.25 bits per heavy atom. The predicted molar refractivity (Wildman–Crippen MR) is 86.3 cm³/mol. The van der Waals surface area contributed by atoms with E-state index in [1.54, 1.807) is 19.3 Å². The lowest BCUT2D eigenvalue weighted by Gasteiger charge is -2.23. The molecule has 1 atom stereocenters. The van der Waals surface area contributed by atoms with E-state index in [9.17, 15) is 4.79 Å². The Balaban J connectivity index is 1.62. The van der Waals surface area contributed by atoms with Gasteiger partial charge in [0.2, 0.25) is 11.8 Å². The summed E-state index contributed by atoms with van der Waals surface area (Å²) in [7, 11) is 0. The number of carbonyl (C=O) groups is 1. The first-order chi connectivity index (χ1) is 11.7. The van der Waals surface area contributed by atoms with Crippen LogP contribution in [0.5, 0.6) is 0 Å². The highest BCUT2D eigenvalue weighted by Gasteiger charge is 2.25. The molecule has 0 aliphatic heterocycles. The average molecular weight is 323 g/mol. The fourth-order valence-corrected chi connectivity index (χ4v) is 3.15. The number of hydrogen-bond donors (Lipinski definition) is 1. The van der Waals surface area contributed by atoms with Gasteiger partial charge in [-0.15, -0.1) is 10.2 Å². The van der Waals surface area contributed by atoms with Crippen molar-refractivity contribution < 1.29 is 13.6 Å². The van der Waals surface area contributed by atoms with Crippen LogP contribution >= 0.6 is 0 Å². The molecule has 24 heavy (non-hydrogen) atoms. The van der Waals surface area contributed by atoms with Crippen LogP contribution in [0.4, 0.5) is 0 Å². The first-order valence-electron chi connectivity index (χ1n) is 7.99. The van der Waals surface area contributed by atoms with Crippen LogP contribution in [0, 0.1) is 6.92 Å². The van der Waals surface area contributed by atoms with Gasteiger partial charge < -0.3 is 14.2 Å². The number of benzene rings is 1. The Hall–Kier alpha value is -2.89. The van der Waals surface area contributed by atoms with E-state index in [2.05, 4.69) is 15.5 Å². The first kappa shape index (κ1) is 14.7. The van der Waals surface area contributed by atoms with Crippen LogP contribution in [0.1, 0.15) is 46.5 Å². The number of fused-ring (bicyclic) bond motifs is 1. The van der Waals surface area contributed by atoms with Crippen molar-refractivity contribution in [2.45, 2.75) is 32.2 Å². The normalized spacial score (nSPS) is 16.6. The fraction of sp³-hybridized carbons (Fsp3) is 0.278. The molecule has 0 radical (unpaired) electrons. The molecule has 3 aromatic rings. The zero-order valence-electron chi connectivity index (χ0n) is 13.3. The summed E-state index contributed by atoms with van der Waals surface area (Å²) in [6.07, 6.45) is 4.51. The number of hydrogen-bond acceptors (Lipinski definition) is 5. The third-order valence-electron chi connectivity index (χ3n) is 4.29. The van der Waals surface area contributed by atoms with Gasteiger partial charge in [-0.2, -0.15) is 0 Å². The quantitative estimate of drug-likeness (QED) is 0.798. The SMILES string of the molecule is Cc1nnc(-c2ccccc2C(=O)NC2CCCc3occc32)o1. The highest BCUT2D eigenvalue weighted by atomic mass is 16.4. The number of nitrogens with zero attached hydrogens (tertiary/aromatic N) is 2. The molecule has 0 saturated carbocycles. The summed E-state index contributed by atoms with van der Waals surface area (Å²) in [5, 5.41) is 11.0. The van der Waals surface area contributed by atoms with Crippen LogP contribution in [0.25, 0.3) is 11.5 Å². The number of carbonyl (C=O) groups excluding carboxylic acids is 1. The third kappa shape index (κ3) is 2.60. The molecule has 1 aliphatic rings. The van der Waals surface area contributed by atoms with E-state index in [1.807, 2.05) is 24.3 Å². The third-order valence-corrected chi connectivity index (χ3v) is 4.29. The molecule has 1 unspecified atom stereocenters. The molecule has 1 amide bonds. The molecule has 1 aliphatic carbocycles. The summed E-state index contributed by atoms with van der Waals surface area (Å²) in [6.45, 7) is 1.72. The van der Waals surface area contributed by atoms with Gasteiger partial charge in [-0.1, -0.05) is 12.1 Å². The van der Waals surface area contributed by atoms with E-state index in [4.69, 9.17) is 8.83 Å². The lowest BCUT2D eigenvalue weighted by Crippen LogP contribution is -2.30. The van der Waals surface area contributed by atoms with Crippen LogP contribution in [-0.4, -0.2) is 16.1 Å². The highest BCUT2D eigenvalue weighted by Crippen LogP contribution is 2.31. The van der Waals surface area contributed by atoms with Crippen molar-refractivity contribution in [1.82, 2.24) is 15.5 Å². The number of furan rings is 1. The van der Waals surface area contributed by atoms with Gasteiger partial charge in [-0.05, 0) is 31.0 Å². The number of nitrogens with one attached hydrogen (secondary N) is 1.